The van der Waals surface area contributed by atoms with Gasteiger partial charge in [0.15, 0.2) is 17.2 Å². The highest BCUT2D eigenvalue weighted by atomic mass is 79.9. The molecule has 2 rings (SSSR count). The third-order valence-corrected chi connectivity index (χ3v) is 4.40. The highest BCUT2D eigenvalue weighted by Crippen LogP contribution is 2.24. The van der Waals surface area contributed by atoms with Gasteiger partial charge in [-0.2, -0.15) is 0 Å². The number of imide groups is 1. The van der Waals surface area contributed by atoms with Crippen molar-refractivity contribution in [2.45, 2.75) is 31.4 Å². The van der Waals surface area contributed by atoms with Crippen molar-refractivity contribution >= 4 is 49.5 Å². The molecule has 0 saturated carbocycles. The van der Waals surface area contributed by atoms with Crippen molar-refractivity contribution in [3.63, 3.8) is 0 Å². The minimum atomic E-state index is -0.627. The molecule has 1 aromatic rings. The zero-order valence-electron chi connectivity index (χ0n) is 12.4. The first-order chi connectivity index (χ1) is 10.2. The molecule has 22 heavy (non-hydrogen) atoms. The maximum absolute atomic E-state index is 12.4. The van der Waals surface area contributed by atoms with Gasteiger partial charge in [-0.05, 0) is 0 Å². The van der Waals surface area contributed by atoms with E-state index in [2.05, 4.69) is 41.8 Å². The van der Waals surface area contributed by atoms with E-state index in [9.17, 15) is 14.4 Å². The highest BCUT2D eigenvalue weighted by molar-refractivity contribution is 9.09. The number of alkyl halides is 2. The first-order valence-electron chi connectivity index (χ1n) is 6.62. The van der Waals surface area contributed by atoms with Crippen molar-refractivity contribution in [1.82, 2.24) is 14.9 Å². The largest absolute Gasteiger partial charge is 0.297 e. The van der Waals surface area contributed by atoms with Crippen LogP contribution >= 0.6 is 31.9 Å². The number of ketones is 1. The lowest BCUT2D eigenvalue weighted by molar-refractivity contribution is -0.126. The van der Waals surface area contributed by atoms with E-state index in [0.29, 0.717) is 22.0 Å². The Kier molecular flexibility index (Phi) is 4.81. The smallest absolute Gasteiger partial charge is 0.282 e. The number of hydrogen-bond donors (Lipinski definition) is 0. The van der Waals surface area contributed by atoms with E-state index in [1.165, 1.54) is 0 Å². The fraction of sp³-hybridized carbons (Fsp3) is 0.500. The van der Waals surface area contributed by atoms with E-state index in [1.54, 1.807) is 20.8 Å². The van der Waals surface area contributed by atoms with Crippen LogP contribution in [0.25, 0.3) is 0 Å². The zero-order chi connectivity index (χ0) is 16.7. The molecular weight excluding hydrogens is 418 g/mol. The van der Waals surface area contributed by atoms with Gasteiger partial charge in [0, 0.05) is 16.1 Å². The van der Waals surface area contributed by atoms with Gasteiger partial charge in [0.2, 0.25) is 0 Å². The van der Waals surface area contributed by atoms with Crippen LogP contribution in [0.1, 0.15) is 53.1 Å². The number of hydrogen-bond acceptors (Lipinski definition) is 5. The molecule has 2 heterocycles. The molecule has 0 aromatic carbocycles. The molecule has 1 aliphatic rings. The van der Waals surface area contributed by atoms with E-state index < -0.39 is 17.2 Å². The van der Waals surface area contributed by atoms with Crippen molar-refractivity contribution in [2.75, 3.05) is 6.54 Å². The summed E-state index contributed by atoms with van der Waals surface area (Å²) in [6.45, 7) is 4.98. The predicted molar refractivity (Wildman–Crippen MR) is 87.1 cm³/mol. The molecule has 118 valence electrons. The van der Waals surface area contributed by atoms with Crippen LogP contribution in [-0.4, -0.2) is 39.0 Å². The standard InChI is InChI=1S/C14H15Br2N3O3/c1-14(2,3)9(20)6-19-12(21)10-11(13(19)22)18-8(5-16)7(4-15)17-10/h4-6H2,1-3H3. The molecule has 1 aliphatic heterocycles. The summed E-state index contributed by atoms with van der Waals surface area (Å²) >= 11 is 6.57. The van der Waals surface area contributed by atoms with Crippen LogP contribution in [0.3, 0.4) is 0 Å². The monoisotopic (exact) mass is 431 g/mol. The van der Waals surface area contributed by atoms with Gasteiger partial charge < -0.3 is 0 Å². The lowest BCUT2D eigenvalue weighted by Crippen LogP contribution is -2.39. The van der Waals surface area contributed by atoms with Gasteiger partial charge in [0.05, 0.1) is 17.9 Å². The molecule has 0 atom stereocenters. The van der Waals surface area contributed by atoms with Crippen LogP contribution in [0.4, 0.5) is 0 Å². The van der Waals surface area contributed by atoms with Crippen LogP contribution in [0.2, 0.25) is 0 Å². The molecule has 0 aliphatic carbocycles. The van der Waals surface area contributed by atoms with Gasteiger partial charge >= 0.3 is 0 Å². The average Bonchev–Trinajstić information content (AvgIpc) is 2.69. The van der Waals surface area contributed by atoms with Gasteiger partial charge in [0.25, 0.3) is 11.8 Å². The summed E-state index contributed by atoms with van der Waals surface area (Å²) < 4.78 is 0. The Balaban J connectivity index is 2.39. The summed E-state index contributed by atoms with van der Waals surface area (Å²) in [6.07, 6.45) is 0. The van der Waals surface area contributed by atoms with Crippen LogP contribution in [0.5, 0.6) is 0 Å². The number of rotatable bonds is 4. The molecule has 8 heteroatoms. The molecule has 2 amide bonds. The molecule has 6 nitrogen and oxygen atoms in total. The number of aromatic nitrogens is 2. The molecular formula is C14H15Br2N3O3. The summed E-state index contributed by atoms with van der Waals surface area (Å²) in [4.78, 5) is 46.2. The number of amides is 2. The highest BCUT2D eigenvalue weighted by Gasteiger charge is 2.41. The lowest BCUT2D eigenvalue weighted by atomic mass is 9.90. The van der Waals surface area contributed by atoms with E-state index >= 15 is 0 Å². The normalized spacial score (nSPS) is 14.5. The van der Waals surface area contributed by atoms with Crippen molar-refractivity contribution in [3.05, 3.63) is 22.8 Å². The SMILES string of the molecule is CC(C)(C)C(=O)CN1C(=O)c2nc(CBr)c(CBr)nc2C1=O. The molecule has 0 saturated heterocycles. The first kappa shape index (κ1) is 17.2. The molecule has 0 spiro atoms. The number of carbonyl (C=O) groups excluding carboxylic acids is 3. The maximum Gasteiger partial charge on any atom is 0.282 e. The van der Waals surface area contributed by atoms with Crippen LogP contribution < -0.4 is 0 Å². The quantitative estimate of drug-likeness (QED) is 0.539. The lowest BCUT2D eigenvalue weighted by Gasteiger charge is -2.20. The van der Waals surface area contributed by atoms with Crippen molar-refractivity contribution in [3.8, 4) is 0 Å². The minimum absolute atomic E-state index is 0.0193. The number of carbonyl (C=O) groups is 3. The Morgan fingerprint density at radius 3 is 1.73 bits per heavy atom. The number of Topliss-reactive ketones (excluding diaryl/α,β-unsaturated/α-hetero) is 1. The summed E-state index contributed by atoms with van der Waals surface area (Å²) in [6, 6.07) is 0. The third-order valence-electron chi connectivity index (χ3n) is 3.34. The van der Waals surface area contributed by atoms with Gasteiger partial charge in [-0.1, -0.05) is 52.6 Å². The van der Waals surface area contributed by atoms with Gasteiger partial charge in [-0.15, -0.1) is 0 Å². The topological polar surface area (TPSA) is 80.2 Å². The third kappa shape index (κ3) is 2.99. The predicted octanol–water partition coefficient (Wildman–Crippen LogP) is 2.48. The van der Waals surface area contributed by atoms with Gasteiger partial charge in [-0.3, -0.25) is 19.3 Å². The van der Waals surface area contributed by atoms with Crippen molar-refractivity contribution < 1.29 is 14.4 Å². The van der Waals surface area contributed by atoms with Crippen LogP contribution in [0.15, 0.2) is 0 Å². The first-order valence-corrected chi connectivity index (χ1v) is 8.86. The molecule has 0 bridgehead atoms. The summed E-state index contributed by atoms with van der Waals surface area (Å²) in [7, 11) is 0. The number of fused-ring (bicyclic) bond motifs is 1. The molecule has 0 fully saturated rings. The van der Waals surface area contributed by atoms with Gasteiger partial charge in [-0.25, -0.2) is 9.97 Å². The second-order valence-corrected chi connectivity index (χ2v) is 7.07. The molecule has 0 radical (unpaired) electrons. The minimum Gasteiger partial charge on any atom is -0.297 e. The van der Waals surface area contributed by atoms with Gasteiger partial charge in [0.1, 0.15) is 0 Å². The van der Waals surface area contributed by atoms with Crippen molar-refractivity contribution in [2.24, 2.45) is 5.41 Å². The Bertz CT molecular complexity index is 625. The molecule has 0 N–H and O–H groups in total. The Morgan fingerprint density at radius 2 is 1.41 bits per heavy atom. The Hall–Kier alpha value is -1.15. The van der Waals surface area contributed by atoms with E-state index in [0.717, 1.165) is 4.90 Å². The van der Waals surface area contributed by atoms with E-state index in [-0.39, 0.29) is 23.7 Å². The second-order valence-electron chi connectivity index (χ2n) is 5.95. The van der Waals surface area contributed by atoms with Crippen molar-refractivity contribution in [1.29, 1.82) is 0 Å². The van der Waals surface area contributed by atoms with E-state index in [1.807, 2.05) is 0 Å². The fourth-order valence-electron chi connectivity index (χ4n) is 1.89. The zero-order valence-corrected chi connectivity index (χ0v) is 15.6. The number of nitrogens with zero attached hydrogens (tertiary/aromatic N) is 3. The fourth-order valence-corrected chi connectivity index (χ4v) is 2.79. The van der Waals surface area contributed by atoms with Crippen LogP contribution in [-0.2, 0) is 15.5 Å². The second kappa shape index (κ2) is 6.16. The van der Waals surface area contributed by atoms with Crippen LogP contribution in [0, 0.1) is 5.41 Å². The summed E-state index contributed by atoms with van der Waals surface area (Å²) in [5, 5.41) is 0.854. The summed E-state index contributed by atoms with van der Waals surface area (Å²) in [5.41, 5.74) is 0.608. The number of halogens is 2. The Labute approximate surface area is 144 Å². The maximum atomic E-state index is 12.4. The summed E-state index contributed by atoms with van der Waals surface area (Å²) in [5.74, 6) is -1.31. The van der Waals surface area contributed by atoms with E-state index in [4.69, 9.17) is 0 Å². The molecule has 0 unspecified atom stereocenters. The average molecular weight is 433 g/mol. The molecule has 1 aromatic heterocycles. The Morgan fingerprint density at radius 1 is 1.00 bits per heavy atom.